The van der Waals surface area contributed by atoms with Crippen LogP contribution in [-0.4, -0.2) is 54.3 Å². The van der Waals surface area contributed by atoms with Crippen molar-refractivity contribution < 1.29 is 13.2 Å². The molecule has 5 rings (SSSR count). The van der Waals surface area contributed by atoms with Crippen molar-refractivity contribution >= 4 is 15.9 Å². The van der Waals surface area contributed by atoms with Crippen LogP contribution in [0, 0.1) is 18.8 Å². The van der Waals surface area contributed by atoms with Crippen molar-refractivity contribution in [1.82, 2.24) is 13.8 Å². The molecule has 2 saturated heterocycles. The van der Waals surface area contributed by atoms with Gasteiger partial charge in [-0.2, -0.15) is 4.31 Å². The van der Waals surface area contributed by atoms with Gasteiger partial charge in [-0.05, 0) is 50.3 Å². The van der Waals surface area contributed by atoms with E-state index in [2.05, 4.69) is 0 Å². The number of likely N-dealkylation sites (tertiary alicyclic amines) is 1. The standard InChI is InChI=1S/C24H29N3O4S/c1-17-5-7-21(8-6-17)32(30,31)26-11-9-19(10-12-26)24(29)25-14-18-13-20(16-25)22-3-2-4-23(28)27(22)15-18/h2-8,18-20H,9-16H2,1H3/t18-,20-/m1/s1. The van der Waals surface area contributed by atoms with Crippen LogP contribution >= 0.6 is 0 Å². The zero-order chi connectivity index (χ0) is 22.5. The van der Waals surface area contributed by atoms with E-state index in [-0.39, 0.29) is 23.3 Å². The number of amides is 1. The lowest BCUT2D eigenvalue weighted by Crippen LogP contribution is -2.52. The first kappa shape index (κ1) is 21.4. The first-order valence-corrected chi connectivity index (χ1v) is 12.8. The van der Waals surface area contributed by atoms with Gasteiger partial charge in [-0.25, -0.2) is 8.42 Å². The molecule has 0 radical (unpaired) electrons. The summed E-state index contributed by atoms with van der Waals surface area (Å²) >= 11 is 0. The molecule has 2 fully saturated rings. The highest BCUT2D eigenvalue weighted by Crippen LogP contribution is 2.36. The van der Waals surface area contributed by atoms with Crippen LogP contribution < -0.4 is 5.56 Å². The third-order valence-corrected chi connectivity index (χ3v) is 9.17. The minimum atomic E-state index is -3.53. The van der Waals surface area contributed by atoms with Crippen molar-refractivity contribution in [2.75, 3.05) is 26.2 Å². The van der Waals surface area contributed by atoms with Gasteiger partial charge in [-0.15, -0.1) is 0 Å². The topological polar surface area (TPSA) is 79.7 Å². The lowest BCUT2D eigenvalue weighted by molar-refractivity contribution is -0.139. The summed E-state index contributed by atoms with van der Waals surface area (Å²) in [6.45, 7) is 4.65. The van der Waals surface area contributed by atoms with E-state index in [0.29, 0.717) is 56.4 Å². The van der Waals surface area contributed by atoms with Crippen LogP contribution in [0.25, 0.3) is 0 Å². The molecule has 0 spiro atoms. The highest BCUT2D eigenvalue weighted by molar-refractivity contribution is 7.89. The summed E-state index contributed by atoms with van der Waals surface area (Å²) in [6.07, 6.45) is 2.11. The molecule has 1 aromatic heterocycles. The number of aromatic nitrogens is 1. The molecular weight excluding hydrogens is 426 g/mol. The van der Waals surface area contributed by atoms with Gasteiger partial charge in [0.1, 0.15) is 0 Å². The minimum absolute atomic E-state index is 0.0409. The first-order chi connectivity index (χ1) is 15.3. The fraction of sp³-hybridized carbons (Fsp3) is 0.500. The van der Waals surface area contributed by atoms with E-state index in [0.717, 1.165) is 17.7 Å². The third kappa shape index (κ3) is 3.79. The molecule has 0 unspecified atom stereocenters. The van der Waals surface area contributed by atoms with Gasteiger partial charge in [0, 0.05) is 56.3 Å². The molecule has 32 heavy (non-hydrogen) atoms. The molecule has 0 aliphatic carbocycles. The van der Waals surface area contributed by atoms with Crippen molar-refractivity contribution in [3.05, 3.63) is 64.1 Å². The average Bonchev–Trinajstić information content (AvgIpc) is 2.79. The number of rotatable bonds is 3. The van der Waals surface area contributed by atoms with Gasteiger partial charge in [0.25, 0.3) is 5.56 Å². The Bertz CT molecular complexity index is 1180. The number of carbonyl (C=O) groups excluding carboxylic acids is 1. The third-order valence-electron chi connectivity index (χ3n) is 7.25. The Balaban J connectivity index is 1.25. The van der Waals surface area contributed by atoms with Crippen molar-refractivity contribution in [1.29, 1.82) is 0 Å². The van der Waals surface area contributed by atoms with E-state index in [1.54, 1.807) is 24.3 Å². The Labute approximate surface area is 188 Å². The van der Waals surface area contributed by atoms with Crippen LogP contribution in [0.5, 0.6) is 0 Å². The Kier molecular flexibility index (Phi) is 5.45. The number of pyridine rings is 1. The van der Waals surface area contributed by atoms with E-state index in [1.165, 1.54) is 4.31 Å². The van der Waals surface area contributed by atoms with Crippen molar-refractivity contribution in [3.8, 4) is 0 Å². The molecule has 170 valence electrons. The molecule has 0 saturated carbocycles. The maximum absolute atomic E-state index is 13.3. The second-order valence-corrected chi connectivity index (χ2v) is 11.4. The van der Waals surface area contributed by atoms with E-state index >= 15 is 0 Å². The number of fused-ring (bicyclic) bond motifs is 4. The van der Waals surface area contributed by atoms with Gasteiger partial charge in [0.05, 0.1) is 4.90 Å². The van der Waals surface area contributed by atoms with Crippen molar-refractivity contribution in [2.45, 2.75) is 43.5 Å². The van der Waals surface area contributed by atoms with Crippen molar-refractivity contribution in [3.63, 3.8) is 0 Å². The van der Waals surface area contributed by atoms with E-state index in [9.17, 15) is 18.0 Å². The maximum Gasteiger partial charge on any atom is 0.250 e. The molecule has 2 atom stereocenters. The molecule has 1 amide bonds. The van der Waals surface area contributed by atoms with Gasteiger partial charge in [-0.3, -0.25) is 9.59 Å². The summed E-state index contributed by atoms with van der Waals surface area (Å²) in [6, 6.07) is 12.3. The van der Waals surface area contributed by atoms with E-state index < -0.39 is 10.0 Å². The Hall–Kier alpha value is -2.45. The number of piperidine rings is 2. The molecular formula is C24H29N3O4S. The molecule has 4 heterocycles. The fourth-order valence-electron chi connectivity index (χ4n) is 5.54. The van der Waals surface area contributed by atoms with Crippen LogP contribution in [0.3, 0.4) is 0 Å². The Morgan fingerprint density at radius 2 is 1.69 bits per heavy atom. The molecule has 2 bridgehead atoms. The lowest BCUT2D eigenvalue weighted by atomic mass is 9.82. The summed E-state index contributed by atoms with van der Waals surface area (Å²) in [5, 5.41) is 0. The molecule has 3 aliphatic heterocycles. The number of hydrogen-bond acceptors (Lipinski definition) is 4. The number of carbonyl (C=O) groups is 1. The zero-order valence-electron chi connectivity index (χ0n) is 18.3. The molecule has 8 heteroatoms. The summed E-state index contributed by atoms with van der Waals surface area (Å²) in [4.78, 5) is 27.8. The van der Waals surface area contributed by atoms with Gasteiger partial charge in [0.2, 0.25) is 15.9 Å². The number of aryl methyl sites for hydroxylation is 1. The average molecular weight is 456 g/mol. The largest absolute Gasteiger partial charge is 0.341 e. The minimum Gasteiger partial charge on any atom is -0.341 e. The van der Waals surface area contributed by atoms with Crippen LogP contribution in [0.4, 0.5) is 0 Å². The summed E-state index contributed by atoms with van der Waals surface area (Å²) in [7, 11) is -3.53. The fourth-order valence-corrected chi connectivity index (χ4v) is 7.01. The van der Waals surface area contributed by atoms with E-state index in [1.807, 2.05) is 34.6 Å². The van der Waals surface area contributed by atoms with Crippen LogP contribution in [-0.2, 0) is 21.4 Å². The Morgan fingerprint density at radius 3 is 2.41 bits per heavy atom. The van der Waals surface area contributed by atoms with Crippen LogP contribution in [0.1, 0.15) is 36.4 Å². The molecule has 0 N–H and O–H groups in total. The van der Waals surface area contributed by atoms with Gasteiger partial charge in [0.15, 0.2) is 0 Å². The predicted octanol–water partition coefficient (Wildman–Crippen LogP) is 2.20. The zero-order valence-corrected chi connectivity index (χ0v) is 19.1. The van der Waals surface area contributed by atoms with Gasteiger partial charge >= 0.3 is 0 Å². The first-order valence-electron chi connectivity index (χ1n) is 11.4. The highest BCUT2D eigenvalue weighted by Gasteiger charge is 2.39. The molecule has 1 aromatic carbocycles. The highest BCUT2D eigenvalue weighted by atomic mass is 32.2. The predicted molar refractivity (Wildman–Crippen MR) is 121 cm³/mol. The molecule has 2 aromatic rings. The van der Waals surface area contributed by atoms with Crippen LogP contribution in [0.2, 0.25) is 0 Å². The SMILES string of the molecule is Cc1ccc(S(=O)(=O)N2CCC(C(=O)N3C[C@H]4C[C@H](C3)c3cccc(=O)n3C4)CC2)cc1. The molecule has 7 nitrogen and oxygen atoms in total. The quantitative estimate of drug-likeness (QED) is 0.711. The summed E-state index contributed by atoms with van der Waals surface area (Å²) < 4.78 is 29.3. The number of sulfonamides is 1. The lowest BCUT2D eigenvalue weighted by Gasteiger charge is -2.44. The maximum atomic E-state index is 13.3. The van der Waals surface area contributed by atoms with Crippen LogP contribution in [0.15, 0.2) is 52.2 Å². The monoisotopic (exact) mass is 455 g/mol. The number of nitrogens with zero attached hydrogens (tertiary/aromatic N) is 3. The van der Waals surface area contributed by atoms with E-state index in [4.69, 9.17) is 0 Å². The molecule has 3 aliphatic rings. The smallest absolute Gasteiger partial charge is 0.250 e. The normalized spacial score (nSPS) is 24.2. The number of benzene rings is 1. The van der Waals surface area contributed by atoms with Gasteiger partial charge in [-0.1, -0.05) is 23.8 Å². The second-order valence-electron chi connectivity index (χ2n) is 9.43. The summed E-state index contributed by atoms with van der Waals surface area (Å²) in [5.74, 6) is 0.490. The summed E-state index contributed by atoms with van der Waals surface area (Å²) in [5.41, 5.74) is 2.09. The Morgan fingerprint density at radius 1 is 0.969 bits per heavy atom. The second kappa shape index (κ2) is 8.15. The van der Waals surface area contributed by atoms with Gasteiger partial charge < -0.3 is 9.47 Å². The van der Waals surface area contributed by atoms with Crippen molar-refractivity contribution in [2.24, 2.45) is 11.8 Å². The number of hydrogen-bond donors (Lipinski definition) is 0.